The molecule has 0 fully saturated rings. The van der Waals surface area contributed by atoms with Crippen LogP contribution in [0.5, 0.6) is 0 Å². The van der Waals surface area contributed by atoms with E-state index in [4.69, 9.17) is 0 Å². The fraction of sp³-hybridized carbons (Fsp3) is 0.300. The van der Waals surface area contributed by atoms with E-state index in [2.05, 4.69) is 5.32 Å². The van der Waals surface area contributed by atoms with Crippen molar-refractivity contribution in [1.29, 1.82) is 0 Å². The Kier molecular flexibility index (Phi) is 4.37. The highest BCUT2D eigenvalue weighted by molar-refractivity contribution is 8.00. The summed E-state index contributed by atoms with van der Waals surface area (Å²) in [7, 11) is -1.57. The SMILES string of the molecule is CNC(=O)CSc1ccc(S(C)(=O)=O)cc1. The van der Waals surface area contributed by atoms with E-state index in [1.54, 1.807) is 31.3 Å². The number of carbonyl (C=O) groups is 1. The van der Waals surface area contributed by atoms with Gasteiger partial charge in [-0.1, -0.05) is 0 Å². The minimum atomic E-state index is -3.14. The van der Waals surface area contributed by atoms with Crippen LogP contribution in [0.3, 0.4) is 0 Å². The Labute approximate surface area is 99.4 Å². The number of rotatable bonds is 4. The molecule has 6 heteroatoms. The van der Waals surface area contributed by atoms with Gasteiger partial charge in [0.1, 0.15) is 0 Å². The van der Waals surface area contributed by atoms with Gasteiger partial charge in [0.05, 0.1) is 10.6 Å². The Morgan fingerprint density at radius 2 is 1.88 bits per heavy atom. The third-order valence-electron chi connectivity index (χ3n) is 1.90. The highest BCUT2D eigenvalue weighted by Gasteiger charge is 2.06. The second-order valence-electron chi connectivity index (χ2n) is 3.21. The molecule has 1 N–H and O–H groups in total. The Morgan fingerprint density at radius 3 is 2.31 bits per heavy atom. The van der Waals surface area contributed by atoms with Crippen LogP contribution in [0.25, 0.3) is 0 Å². The average molecular weight is 259 g/mol. The summed E-state index contributed by atoms with van der Waals surface area (Å²) in [6.07, 6.45) is 1.17. The van der Waals surface area contributed by atoms with Crippen LogP contribution in [0.15, 0.2) is 34.1 Å². The lowest BCUT2D eigenvalue weighted by Gasteiger charge is -2.02. The van der Waals surface area contributed by atoms with Crippen LogP contribution in [0.4, 0.5) is 0 Å². The second-order valence-corrected chi connectivity index (χ2v) is 6.27. The van der Waals surface area contributed by atoms with E-state index in [1.165, 1.54) is 18.0 Å². The van der Waals surface area contributed by atoms with Crippen LogP contribution in [0, 0.1) is 0 Å². The zero-order valence-corrected chi connectivity index (χ0v) is 10.7. The highest BCUT2D eigenvalue weighted by atomic mass is 32.2. The summed E-state index contributed by atoms with van der Waals surface area (Å²) < 4.78 is 22.4. The largest absolute Gasteiger partial charge is 0.358 e. The molecule has 1 rings (SSSR count). The number of hydrogen-bond donors (Lipinski definition) is 1. The van der Waals surface area contributed by atoms with Gasteiger partial charge in [-0.05, 0) is 24.3 Å². The van der Waals surface area contributed by atoms with Gasteiger partial charge in [-0.15, -0.1) is 11.8 Å². The lowest BCUT2D eigenvalue weighted by Crippen LogP contribution is -2.19. The number of amides is 1. The van der Waals surface area contributed by atoms with E-state index in [9.17, 15) is 13.2 Å². The van der Waals surface area contributed by atoms with E-state index in [-0.39, 0.29) is 10.8 Å². The lowest BCUT2D eigenvalue weighted by molar-refractivity contribution is -0.118. The number of carbonyl (C=O) groups excluding carboxylic acids is 1. The van der Waals surface area contributed by atoms with Gasteiger partial charge in [0, 0.05) is 18.2 Å². The van der Waals surface area contributed by atoms with Crippen molar-refractivity contribution in [3.8, 4) is 0 Å². The molecule has 0 aromatic heterocycles. The van der Waals surface area contributed by atoms with Gasteiger partial charge in [0.2, 0.25) is 5.91 Å². The van der Waals surface area contributed by atoms with Crippen molar-refractivity contribution in [3.63, 3.8) is 0 Å². The van der Waals surface area contributed by atoms with Crippen molar-refractivity contribution >= 4 is 27.5 Å². The van der Waals surface area contributed by atoms with Gasteiger partial charge in [0.25, 0.3) is 0 Å². The normalized spacial score (nSPS) is 11.1. The van der Waals surface area contributed by atoms with Crippen LogP contribution < -0.4 is 5.32 Å². The van der Waals surface area contributed by atoms with E-state index in [0.717, 1.165) is 4.90 Å². The molecule has 0 atom stereocenters. The molecule has 0 aliphatic heterocycles. The van der Waals surface area contributed by atoms with E-state index < -0.39 is 9.84 Å². The van der Waals surface area contributed by atoms with Crippen LogP contribution in [-0.2, 0) is 14.6 Å². The summed E-state index contributed by atoms with van der Waals surface area (Å²) in [5, 5.41) is 2.52. The molecule has 1 aromatic rings. The Bertz CT molecular complexity index is 465. The van der Waals surface area contributed by atoms with Crippen LogP contribution in [0.2, 0.25) is 0 Å². The molecule has 4 nitrogen and oxygen atoms in total. The van der Waals surface area contributed by atoms with Crippen molar-refractivity contribution in [2.45, 2.75) is 9.79 Å². The summed E-state index contributed by atoms with van der Waals surface area (Å²) in [6, 6.07) is 6.48. The predicted molar refractivity (Wildman–Crippen MR) is 64.3 cm³/mol. The molecule has 0 radical (unpaired) electrons. The van der Waals surface area contributed by atoms with Gasteiger partial charge >= 0.3 is 0 Å². The highest BCUT2D eigenvalue weighted by Crippen LogP contribution is 2.19. The molecule has 0 saturated heterocycles. The number of hydrogen-bond acceptors (Lipinski definition) is 4. The maximum Gasteiger partial charge on any atom is 0.230 e. The van der Waals surface area contributed by atoms with E-state index in [0.29, 0.717) is 5.75 Å². The van der Waals surface area contributed by atoms with Crippen LogP contribution in [0.1, 0.15) is 0 Å². The van der Waals surface area contributed by atoms with Crippen molar-refractivity contribution in [2.75, 3.05) is 19.1 Å². The molecular formula is C10H13NO3S2. The minimum absolute atomic E-state index is 0.0582. The van der Waals surface area contributed by atoms with Crippen molar-refractivity contribution in [1.82, 2.24) is 5.32 Å². The number of benzene rings is 1. The molecule has 1 amide bonds. The molecule has 0 aliphatic rings. The Balaban J connectivity index is 2.69. The van der Waals surface area contributed by atoms with Crippen molar-refractivity contribution < 1.29 is 13.2 Å². The third-order valence-corrected chi connectivity index (χ3v) is 4.04. The predicted octanol–water partition coefficient (Wildman–Crippen LogP) is 0.928. The molecule has 0 spiro atoms. The molecule has 0 bridgehead atoms. The summed E-state index contributed by atoms with van der Waals surface area (Å²) >= 11 is 1.37. The molecule has 0 saturated carbocycles. The van der Waals surface area contributed by atoms with Gasteiger partial charge in [0.15, 0.2) is 9.84 Å². The Morgan fingerprint density at radius 1 is 1.31 bits per heavy atom. The third kappa shape index (κ3) is 3.86. The molecule has 0 unspecified atom stereocenters. The lowest BCUT2D eigenvalue weighted by atomic mass is 10.4. The summed E-state index contributed by atoms with van der Waals surface area (Å²) in [6.45, 7) is 0. The summed E-state index contributed by atoms with van der Waals surface area (Å²) in [4.78, 5) is 12.1. The van der Waals surface area contributed by atoms with Crippen molar-refractivity contribution in [2.24, 2.45) is 0 Å². The Hall–Kier alpha value is -1.01. The van der Waals surface area contributed by atoms with Crippen molar-refractivity contribution in [3.05, 3.63) is 24.3 Å². The fourth-order valence-corrected chi connectivity index (χ4v) is 2.41. The molecule has 1 aromatic carbocycles. The first kappa shape index (κ1) is 13.1. The topological polar surface area (TPSA) is 63.2 Å². The van der Waals surface area contributed by atoms with Crippen LogP contribution >= 0.6 is 11.8 Å². The first-order valence-corrected chi connectivity index (χ1v) is 7.44. The zero-order chi connectivity index (χ0) is 12.2. The number of nitrogens with one attached hydrogen (secondary N) is 1. The monoisotopic (exact) mass is 259 g/mol. The van der Waals surface area contributed by atoms with Gasteiger partial charge < -0.3 is 5.32 Å². The van der Waals surface area contributed by atoms with Crippen LogP contribution in [-0.4, -0.2) is 33.4 Å². The second kappa shape index (κ2) is 5.36. The zero-order valence-electron chi connectivity index (χ0n) is 9.06. The molecule has 0 heterocycles. The fourth-order valence-electron chi connectivity index (χ4n) is 1.00. The first-order chi connectivity index (χ1) is 7.43. The van der Waals surface area contributed by atoms with Gasteiger partial charge in [-0.2, -0.15) is 0 Å². The van der Waals surface area contributed by atoms with Gasteiger partial charge in [-0.3, -0.25) is 4.79 Å². The number of sulfone groups is 1. The maximum atomic E-state index is 11.2. The standard InChI is InChI=1S/C10H13NO3S2/c1-11-10(12)7-15-8-3-5-9(6-4-8)16(2,13)14/h3-6H,7H2,1-2H3,(H,11,12). The minimum Gasteiger partial charge on any atom is -0.358 e. The molecule has 16 heavy (non-hydrogen) atoms. The average Bonchev–Trinajstić information content (AvgIpc) is 2.25. The summed E-state index contributed by atoms with van der Waals surface area (Å²) in [5.74, 6) is 0.270. The maximum absolute atomic E-state index is 11.2. The summed E-state index contributed by atoms with van der Waals surface area (Å²) in [5.41, 5.74) is 0. The van der Waals surface area contributed by atoms with Gasteiger partial charge in [-0.25, -0.2) is 8.42 Å². The first-order valence-electron chi connectivity index (χ1n) is 4.57. The smallest absolute Gasteiger partial charge is 0.230 e. The molecular weight excluding hydrogens is 246 g/mol. The molecule has 88 valence electrons. The van der Waals surface area contributed by atoms with E-state index in [1.807, 2.05) is 0 Å². The number of thioether (sulfide) groups is 1. The van der Waals surface area contributed by atoms with E-state index >= 15 is 0 Å². The molecule has 0 aliphatic carbocycles. The quantitative estimate of drug-likeness (QED) is 0.817.